The highest BCUT2D eigenvalue weighted by molar-refractivity contribution is 8.15. The Morgan fingerprint density at radius 2 is 1.93 bits per heavy atom. The Morgan fingerprint density at radius 3 is 2.67 bits per heavy atom. The van der Waals surface area contributed by atoms with Crippen LogP contribution in [-0.2, 0) is 11.2 Å². The molecule has 27 heavy (non-hydrogen) atoms. The average molecular weight is 383 g/mol. The lowest BCUT2D eigenvalue weighted by Gasteiger charge is -2.08. The van der Waals surface area contributed by atoms with Crippen molar-refractivity contribution in [2.24, 2.45) is 10.2 Å². The molecule has 1 aliphatic rings. The lowest BCUT2D eigenvalue weighted by atomic mass is 10.0. The maximum Gasteiger partial charge on any atom is 0.239 e. The van der Waals surface area contributed by atoms with E-state index in [-0.39, 0.29) is 11.2 Å². The van der Waals surface area contributed by atoms with Crippen LogP contribution in [0.4, 0.5) is 0 Å². The van der Waals surface area contributed by atoms with Crippen molar-refractivity contribution in [2.45, 2.75) is 18.6 Å². The molecule has 0 aromatic heterocycles. The molecule has 6 nitrogen and oxygen atoms in total. The third kappa shape index (κ3) is 4.68. The molecule has 0 saturated carbocycles. The van der Waals surface area contributed by atoms with Crippen molar-refractivity contribution in [2.75, 3.05) is 14.2 Å². The number of rotatable bonds is 6. The molecule has 2 aromatic rings. The molecule has 2 aromatic carbocycles. The van der Waals surface area contributed by atoms with Gasteiger partial charge in [0.25, 0.3) is 0 Å². The molecule has 1 atom stereocenters. The number of hydrogen-bond acceptors (Lipinski definition) is 6. The Bertz CT molecular complexity index is 896. The minimum Gasteiger partial charge on any atom is -0.493 e. The smallest absolute Gasteiger partial charge is 0.239 e. The van der Waals surface area contributed by atoms with Gasteiger partial charge in [0.2, 0.25) is 5.91 Å². The summed E-state index contributed by atoms with van der Waals surface area (Å²) in [5.74, 6) is 1.23. The largest absolute Gasteiger partial charge is 0.493 e. The van der Waals surface area contributed by atoms with E-state index in [2.05, 4.69) is 28.5 Å². The number of hydrogen-bond donors (Lipinski definition) is 1. The molecular weight excluding hydrogens is 362 g/mol. The van der Waals surface area contributed by atoms with Crippen LogP contribution >= 0.6 is 11.8 Å². The summed E-state index contributed by atoms with van der Waals surface area (Å²) in [4.78, 5) is 12.2. The maximum absolute atomic E-state index is 12.2. The van der Waals surface area contributed by atoms with Gasteiger partial charge in [0, 0.05) is 0 Å². The summed E-state index contributed by atoms with van der Waals surface area (Å²) in [5, 5.41) is 11.3. The number of carbonyl (C=O) groups excluding carboxylic acids is 1. The van der Waals surface area contributed by atoms with Gasteiger partial charge in [-0.1, -0.05) is 36.0 Å². The molecule has 0 aliphatic carbocycles. The number of methoxy groups -OCH3 is 2. The first-order chi connectivity index (χ1) is 13.1. The minimum atomic E-state index is -0.193. The van der Waals surface area contributed by atoms with Gasteiger partial charge in [-0.25, -0.2) is 0 Å². The molecule has 3 rings (SSSR count). The van der Waals surface area contributed by atoms with Gasteiger partial charge in [0.1, 0.15) is 0 Å². The molecule has 1 unspecified atom stereocenters. The van der Waals surface area contributed by atoms with Gasteiger partial charge in [-0.15, -0.1) is 5.10 Å². The van der Waals surface area contributed by atoms with Crippen LogP contribution in [0.1, 0.15) is 16.7 Å². The minimum absolute atomic E-state index is 0.0386. The number of amides is 1. The summed E-state index contributed by atoms with van der Waals surface area (Å²) in [6.07, 6.45) is 2.28. The van der Waals surface area contributed by atoms with Crippen molar-refractivity contribution in [1.29, 1.82) is 0 Å². The monoisotopic (exact) mass is 383 g/mol. The number of benzene rings is 2. The Balaban J connectivity index is 1.65. The number of carbonyl (C=O) groups is 1. The van der Waals surface area contributed by atoms with Crippen molar-refractivity contribution in [3.8, 4) is 11.5 Å². The lowest BCUT2D eigenvalue weighted by molar-refractivity contribution is -0.118. The van der Waals surface area contributed by atoms with Crippen molar-refractivity contribution in [1.82, 2.24) is 5.32 Å². The Morgan fingerprint density at radius 1 is 1.15 bits per heavy atom. The fourth-order valence-electron chi connectivity index (χ4n) is 2.71. The molecule has 1 saturated heterocycles. The number of amidine groups is 1. The third-order valence-electron chi connectivity index (χ3n) is 4.21. The van der Waals surface area contributed by atoms with E-state index in [4.69, 9.17) is 9.47 Å². The summed E-state index contributed by atoms with van der Waals surface area (Å²) in [5.41, 5.74) is 3.17. The number of aryl methyl sites for hydroxylation is 1. The fourth-order valence-corrected chi connectivity index (χ4v) is 3.66. The highest BCUT2D eigenvalue weighted by Gasteiger charge is 2.30. The van der Waals surface area contributed by atoms with E-state index in [0.717, 1.165) is 5.56 Å². The van der Waals surface area contributed by atoms with Gasteiger partial charge in [0.15, 0.2) is 16.7 Å². The molecule has 1 N–H and O–H groups in total. The van der Waals surface area contributed by atoms with Crippen molar-refractivity contribution >= 4 is 29.1 Å². The van der Waals surface area contributed by atoms with Gasteiger partial charge in [0.05, 0.1) is 25.7 Å². The summed E-state index contributed by atoms with van der Waals surface area (Å²) in [6.45, 7) is 2.05. The van der Waals surface area contributed by atoms with E-state index in [9.17, 15) is 4.79 Å². The Labute approximate surface area is 162 Å². The van der Waals surface area contributed by atoms with Gasteiger partial charge >= 0.3 is 0 Å². The predicted molar refractivity (Wildman–Crippen MR) is 109 cm³/mol. The lowest BCUT2D eigenvalue weighted by Crippen LogP contribution is -2.26. The summed E-state index contributed by atoms with van der Waals surface area (Å²) < 4.78 is 10.5. The second-order valence-corrected chi connectivity index (χ2v) is 7.18. The van der Waals surface area contributed by atoms with Crippen molar-refractivity contribution in [3.05, 3.63) is 59.2 Å². The fraction of sp³-hybridized carbons (Fsp3) is 0.250. The standard InChI is InChI=1S/C20H21N3O3S/c1-13-6-4-5-7-15(13)11-18-19(24)22-20(27-18)23-21-12-14-8-9-16(25-2)17(10-14)26-3/h4-10,12,18H,11H2,1-3H3,(H,22,23,24). The van der Waals surface area contributed by atoms with Crippen LogP contribution in [0.2, 0.25) is 0 Å². The third-order valence-corrected chi connectivity index (χ3v) is 5.28. The van der Waals surface area contributed by atoms with E-state index in [1.54, 1.807) is 26.5 Å². The van der Waals surface area contributed by atoms with Crippen molar-refractivity contribution in [3.63, 3.8) is 0 Å². The summed E-state index contributed by atoms with van der Waals surface area (Å²) in [7, 11) is 3.17. The van der Waals surface area contributed by atoms with E-state index in [0.29, 0.717) is 23.1 Å². The number of nitrogens with one attached hydrogen (secondary N) is 1. The molecule has 1 aliphatic heterocycles. The zero-order valence-electron chi connectivity index (χ0n) is 15.4. The topological polar surface area (TPSA) is 72.3 Å². The zero-order chi connectivity index (χ0) is 19.2. The van der Waals surface area contributed by atoms with E-state index in [1.165, 1.54) is 22.9 Å². The number of thioether (sulfide) groups is 1. The first-order valence-corrected chi connectivity index (χ1v) is 9.33. The van der Waals surface area contributed by atoms with Crippen LogP contribution in [0.15, 0.2) is 52.7 Å². The van der Waals surface area contributed by atoms with E-state index < -0.39 is 0 Å². The van der Waals surface area contributed by atoms with Crippen LogP contribution in [0.25, 0.3) is 0 Å². The van der Waals surface area contributed by atoms with E-state index in [1.807, 2.05) is 30.3 Å². The van der Waals surface area contributed by atoms with Crippen LogP contribution in [0, 0.1) is 6.92 Å². The Hall–Kier alpha value is -2.80. The van der Waals surface area contributed by atoms with Crippen LogP contribution in [-0.4, -0.2) is 36.8 Å². The van der Waals surface area contributed by atoms with Gasteiger partial charge in [-0.2, -0.15) is 5.10 Å². The molecular formula is C20H21N3O3S. The Kier molecular flexibility index (Phi) is 6.13. The SMILES string of the molecule is COc1ccc(C=NN=C2NC(=O)C(Cc3ccccc3C)S2)cc1OC. The molecule has 0 radical (unpaired) electrons. The van der Waals surface area contributed by atoms with Crippen LogP contribution in [0.3, 0.4) is 0 Å². The number of ether oxygens (including phenoxy) is 2. The molecule has 0 spiro atoms. The van der Waals surface area contributed by atoms with Crippen molar-refractivity contribution < 1.29 is 14.3 Å². The summed E-state index contributed by atoms with van der Waals surface area (Å²) in [6, 6.07) is 13.6. The van der Waals surface area contributed by atoms with E-state index >= 15 is 0 Å². The molecule has 1 fully saturated rings. The quantitative estimate of drug-likeness (QED) is 0.614. The maximum atomic E-state index is 12.2. The molecule has 140 valence electrons. The molecule has 7 heteroatoms. The van der Waals surface area contributed by atoms with Gasteiger partial charge in [-0.3, -0.25) is 4.79 Å². The van der Waals surface area contributed by atoms with Gasteiger partial charge < -0.3 is 14.8 Å². The first-order valence-electron chi connectivity index (χ1n) is 8.46. The molecule has 1 heterocycles. The van der Waals surface area contributed by atoms with Gasteiger partial charge in [-0.05, 0) is 48.2 Å². The zero-order valence-corrected chi connectivity index (χ0v) is 16.2. The highest BCUT2D eigenvalue weighted by atomic mass is 32.2. The van der Waals surface area contributed by atoms with Crippen LogP contribution < -0.4 is 14.8 Å². The number of nitrogens with zero attached hydrogens (tertiary/aromatic N) is 2. The van der Waals surface area contributed by atoms with Crippen LogP contribution in [0.5, 0.6) is 11.5 Å². The molecule has 1 amide bonds. The summed E-state index contributed by atoms with van der Waals surface area (Å²) >= 11 is 1.40. The average Bonchev–Trinajstić information content (AvgIpc) is 3.02. The predicted octanol–water partition coefficient (Wildman–Crippen LogP) is 3.18. The molecule has 0 bridgehead atoms. The first kappa shape index (κ1) is 19.0. The second-order valence-electron chi connectivity index (χ2n) is 5.99. The highest BCUT2D eigenvalue weighted by Crippen LogP contribution is 2.27. The second kappa shape index (κ2) is 8.73. The normalized spacial score (nSPS) is 18.1.